The molecule has 0 spiro atoms. The average molecular weight is 454 g/mol. The van der Waals surface area contributed by atoms with Gasteiger partial charge in [0.25, 0.3) is 0 Å². The summed E-state index contributed by atoms with van der Waals surface area (Å²) in [6.45, 7) is 9.77. The number of carbonyl (C=O) groups is 2. The number of ether oxygens (including phenoxy) is 2. The lowest BCUT2D eigenvalue weighted by molar-refractivity contribution is -0.117. The summed E-state index contributed by atoms with van der Waals surface area (Å²) in [5.74, 6) is 1.32. The number of aryl methyl sites for hydroxylation is 1. The van der Waals surface area contributed by atoms with E-state index in [4.69, 9.17) is 9.47 Å². The predicted molar refractivity (Wildman–Crippen MR) is 131 cm³/mol. The van der Waals surface area contributed by atoms with Crippen LogP contribution in [0, 0.1) is 12.3 Å². The molecule has 0 saturated carbocycles. The first kappa shape index (κ1) is 24.4. The van der Waals surface area contributed by atoms with Crippen molar-refractivity contribution in [1.82, 2.24) is 4.90 Å². The molecule has 7 heteroatoms. The Balaban J connectivity index is 1.83. The van der Waals surface area contributed by atoms with E-state index >= 15 is 0 Å². The van der Waals surface area contributed by atoms with Crippen LogP contribution in [0.3, 0.4) is 0 Å². The molecule has 3 rings (SSSR count). The van der Waals surface area contributed by atoms with Crippen molar-refractivity contribution in [3.63, 3.8) is 0 Å². The number of anilines is 2. The summed E-state index contributed by atoms with van der Waals surface area (Å²) in [4.78, 5) is 29.7. The lowest BCUT2D eigenvalue weighted by Gasteiger charge is -2.36. The van der Waals surface area contributed by atoms with Crippen LogP contribution in [0.1, 0.15) is 44.7 Å². The fourth-order valence-corrected chi connectivity index (χ4v) is 3.99. The van der Waals surface area contributed by atoms with Gasteiger partial charge >= 0.3 is 6.03 Å². The normalized spacial score (nSPS) is 14.3. The fourth-order valence-electron chi connectivity index (χ4n) is 3.99. The first-order chi connectivity index (χ1) is 15.6. The van der Waals surface area contributed by atoms with E-state index < -0.39 is 0 Å². The molecule has 1 aliphatic rings. The van der Waals surface area contributed by atoms with Crippen LogP contribution in [-0.2, 0) is 11.3 Å². The van der Waals surface area contributed by atoms with Crippen molar-refractivity contribution in [2.45, 2.75) is 47.1 Å². The van der Waals surface area contributed by atoms with E-state index in [0.717, 1.165) is 23.2 Å². The Morgan fingerprint density at radius 3 is 2.30 bits per heavy atom. The molecule has 0 atom stereocenters. The Labute approximate surface area is 196 Å². The zero-order valence-corrected chi connectivity index (χ0v) is 20.5. The molecule has 1 N–H and O–H groups in total. The van der Waals surface area contributed by atoms with Gasteiger partial charge in [0.1, 0.15) is 11.5 Å². The monoisotopic (exact) mass is 453 g/mol. The second-order valence-corrected chi connectivity index (χ2v) is 9.74. The minimum atomic E-state index is -0.121. The highest BCUT2D eigenvalue weighted by Crippen LogP contribution is 2.32. The van der Waals surface area contributed by atoms with Gasteiger partial charge in [0.15, 0.2) is 0 Å². The Bertz CT molecular complexity index is 991. The molecule has 0 radical (unpaired) electrons. The third-order valence-electron chi connectivity index (χ3n) is 5.50. The molecule has 1 heterocycles. The van der Waals surface area contributed by atoms with E-state index in [1.165, 1.54) is 0 Å². The SMILES string of the molecule is COc1cc(CN2CCCN(c3ccc(C)cc3NC(=O)CC(C)(C)C)C2=O)cc(OC)c1. The van der Waals surface area contributed by atoms with Crippen LogP contribution in [0.4, 0.5) is 16.2 Å². The van der Waals surface area contributed by atoms with E-state index in [1.54, 1.807) is 19.1 Å². The standard InChI is InChI=1S/C26H35N3O4/c1-18-8-9-23(22(12-18)27-24(30)16-26(2,3)4)29-11-7-10-28(25(29)31)17-19-13-20(32-5)15-21(14-19)33-6/h8-9,12-15H,7,10-11,16-17H2,1-6H3,(H,27,30). The van der Waals surface area contributed by atoms with E-state index in [-0.39, 0.29) is 17.4 Å². The molecule has 3 amide bonds. The molecule has 1 saturated heterocycles. The number of hydrogen-bond acceptors (Lipinski definition) is 4. The molecule has 1 fully saturated rings. The summed E-state index contributed by atoms with van der Waals surface area (Å²) in [6.07, 6.45) is 1.23. The first-order valence-electron chi connectivity index (χ1n) is 11.3. The van der Waals surface area contributed by atoms with E-state index in [9.17, 15) is 9.59 Å². The van der Waals surface area contributed by atoms with Gasteiger partial charge in [-0.1, -0.05) is 26.8 Å². The first-order valence-corrected chi connectivity index (χ1v) is 11.3. The molecular formula is C26H35N3O4. The van der Waals surface area contributed by atoms with Crippen LogP contribution in [0.15, 0.2) is 36.4 Å². The van der Waals surface area contributed by atoms with Crippen molar-refractivity contribution in [2.75, 3.05) is 37.5 Å². The molecule has 0 aliphatic carbocycles. The molecule has 1 aliphatic heterocycles. The van der Waals surface area contributed by atoms with Crippen molar-refractivity contribution in [1.29, 1.82) is 0 Å². The maximum absolute atomic E-state index is 13.5. The maximum Gasteiger partial charge on any atom is 0.324 e. The number of nitrogens with one attached hydrogen (secondary N) is 1. The zero-order chi connectivity index (χ0) is 24.2. The van der Waals surface area contributed by atoms with Crippen molar-refractivity contribution in [3.8, 4) is 11.5 Å². The van der Waals surface area contributed by atoms with Gasteiger partial charge in [0, 0.05) is 32.1 Å². The fraction of sp³-hybridized carbons (Fsp3) is 0.462. The van der Waals surface area contributed by atoms with Crippen LogP contribution in [-0.4, -0.2) is 44.1 Å². The van der Waals surface area contributed by atoms with Gasteiger partial charge in [-0.2, -0.15) is 0 Å². The van der Waals surface area contributed by atoms with Gasteiger partial charge in [-0.25, -0.2) is 4.79 Å². The minimum absolute atomic E-state index is 0.0564. The van der Waals surface area contributed by atoms with E-state index in [0.29, 0.717) is 43.2 Å². The Hall–Kier alpha value is -3.22. The van der Waals surface area contributed by atoms with Gasteiger partial charge in [-0.3, -0.25) is 9.69 Å². The molecule has 2 aromatic rings. The second kappa shape index (κ2) is 10.1. The summed E-state index contributed by atoms with van der Waals surface area (Å²) < 4.78 is 10.7. The van der Waals surface area contributed by atoms with Gasteiger partial charge in [-0.15, -0.1) is 0 Å². The van der Waals surface area contributed by atoms with Crippen LogP contribution >= 0.6 is 0 Å². The lowest BCUT2D eigenvalue weighted by Crippen LogP contribution is -2.49. The number of urea groups is 1. The van der Waals surface area contributed by atoms with E-state index in [2.05, 4.69) is 5.32 Å². The van der Waals surface area contributed by atoms with E-state index in [1.807, 2.05) is 69.0 Å². The molecule has 0 bridgehead atoms. The van der Waals surface area contributed by atoms with Crippen molar-refractivity contribution >= 4 is 23.3 Å². The molecule has 2 aromatic carbocycles. The number of methoxy groups -OCH3 is 2. The molecule has 178 valence electrons. The molecule has 0 aromatic heterocycles. The largest absolute Gasteiger partial charge is 0.497 e. The van der Waals surface area contributed by atoms with Gasteiger partial charge in [-0.05, 0) is 54.2 Å². The third-order valence-corrected chi connectivity index (χ3v) is 5.50. The number of carbonyl (C=O) groups excluding carboxylic acids is 2. The van der Waals surface area contributed by atoms with Gasteiger partial charge in [0.05, 0.1) is 25.6 Å². The highest BCUT2D eigenvalue weighted by Gasteiger charge is 2.29. The molecule has 33 heavy (non-hydrogen) atoms. The summed E-state index contributed by atoms with van der Waals surface area (Å²) >= 11 is 0. The Morgan fingerprint density at radius 2 is 1.70 bits per heavy atom. The third kappa shape index (κ3) is 6.40. The topological polar surface area (TPSA) is 71.1 Å². The number of benzene rings is 2. The number of nitrogens with zero attached hydrogens (tertiary/aromatic N) is 2. The highest BCUT2D eigenvalue weighted by molar-refractivity contribution is 6.01. The average Bonchev–Trinajstić information content (AvgIpc) is 2.74. The summed E-state index contributed by atoms with van der Waals surface area (Å²) in [6, 6.07) is 11.4. The second-order valence-electron chi connectivity index (χ2n) is 9.74. The highest BCUT2D eigenvalue weighted by atomic mass is 16.5. The maximum atomic E-state index is 13.5. The minimum Gasteiger partial charge on any atom is -0.497 e. The smallest absolute Gasteiger partial charge is 0.324 e. The van der Waals surface area contributed by atoms with Crippen molar-refractivity contribution < 1.29 is 19.1 Å². The lowest BCUT2D eigenvalue weighted by atomic mass is 9.92. The Kier molecular flexibility index (Phi) is 7.51. The van der Waals surface area contributed by atoms with Crippen molar-refractivity contribution in [2.24, 2.45) is 5.41 Å². The number of hydrogen-bond donors (Lipinski definition) is 1. The summed E-state index contributed by atoms with van der Waals surface area (Å²) in [7, 11) is 3.22. The summed E-state index contributed by atoms with van der Waals surface area (Å²) in [5.41, 5.74) is 3.23. The number of rotatable bonds is 7. The van der Waals surface area contributed by atoms with Crippen LogP contribution in [0.25, 0.3) is 0 Å². The molecular weight excluding hydrogens is 418 g/mol. The summed E-state index contributed by atoms with van der Waals surface area (Å²) in [5, 5.41) is 3.04. The van der Waals surface area contributed by atoms with Crippen LogP contribution in [0.2, 0.25) is 0 Å². The molecule has 0 unspecified atom stereocenters. The number of amides is 3. The zero-order valence-electron chi connectivity index (χ0n) is 20.5. The van der Waals surface area contributed by atoms with Crippen LogP contribution in [0.5, 0.6) is 11.5 Å². The van der Waals surface area contributed by atoms with Crippen LogP contribution < -0.4 is 19.7 Å². The van der Waals surface area contributed by atoms with Gasteiger partial charge < -0.3 is 19.7 Å². The van der Waals surface area contributed by atoms with Crippen molar-refractivity contribution in [3.05, 3.63) is 47.5 Å². The van der Waals surface area contributed by atoms with Gasteiger partial charge in [0.2, 0.25) is 5.91 Å². The predicted octanol–water partition coefficient (Wildman–Crippen LogP) is 5.22. The Morgan fingerprint density at radius 1 is 1.03 bits per heavy atom. The molecule has 7 nitrogen and oxygen atoms in total. The quantitative estimate of drug-likeness (QED) is 0.624.